The van der Waals surface area contributed by atoms with Gasteiger partial charge in [-0.2, -0.15) is 0 Å². The van der Waals surface area contributed by atoms with Crippen LogP contribution in [0.5, 0.6) is 0 Å². The van der Waals surface area contributed by atoms with E-state index in [2.05, 4.69) is 25.2 Å². The zero-order valence-corrected chi connectivity index (χ0v) is 9.25. The van der Waals surface area contributed by atoms with E-state index in [0.717, 1.165) is 6.42 Å². The van der Waals surface area contributed by atoms with Gasteiger partial charge in [0.25, 0.3) is 0 Å². The molecule has 0 amide bonds. The van der Waals surface area contributed by atoms with Crippen molar-refractivity contribution in [3.63, 3.8) is 0 Å². The van der Waals surface area contributed by atoms with Crippen LogP contribution in [0, 0.1) is 0 Å². The first-order valence-electron chi connectivity index (χ1n) is 3.02. The summed E-state index contributed by atoms with van der Waals surface area (Å²) in [5.41, 5.74) is 1.37. The summed E-state index contributed by atoms with van der Waals surface area (Å²) in [5, 5.41) is 0. The molecule has 0 bridgehead atoms. The van der Waals surface area contributed by atoms with Crippen LogP contribution >= 0.6 is 0 Å². The predicted molar refractivity (Wildman–Crippen MR) is 32.4 cm³/mol. The van der Waals surface area contributed by atoms with Crippen LogP contribution in [-0.4, -0.2) is 6.10 Å². The predicted octanol–water partition coefficient (Wildman–Crippen LogP) is -4.25. The van der Waals surface area contributed by atoms with Gasteiger partial charge in [0.15, 0.2) is 0 Å². The van der Waals surface area contributed by atoms with Crippen molar-refractivity contribution in [2.75, 3.05) is 0 Å². The van der Waals surface area contributed by atoms with Crippen LogP contribution in [0.4, 0.5) is 0 Å². The number of halogens is 2. The molecule has 0 aromatic carbocycles. The average molecular weight is 228 g/mol. The van der Waals surface area contributed by atoms with Crippen molar-refractivity contribution in [2.24, 2.45) is 0 Å². The Morgan fingerprint density at radius 2 is 2.18 bits per heavy atom. The molecule has 1 unspecified atom stereocenters. The smallest absolute Gasteiger partial charge is 1.00 e. The molecule has 4 heteroatoms. The minimum Gasteiger partial charge on any atom is -1.00 e. The standard InChI is InChI=1S/C7H9O.2ClH.Ti/c1-6(8)7-4-2-3-5-7;;;/h2-4,6H,5H2,1H3;2*1H;/q-1;;;+3/p-2. The molecule has 0 heterocycles. The van der Waals surface area contributed by atoms with Gasteiger partial charge in [0, 0.05) is 0 Å². The number of allylic oxidation sites excluding steroid dienone is 3. The summed E-state index contributed by atoms with van der Waals surface area (Å²) >= 11 is 1.74. The molecule has 0 fully saturated rings. The topological polar surface area (TPSA) is 9.23 Å². The Hall–Kier alpha value is 0.734. The third-order valence-corrected chi connectivity index (χ3v) is 2.05. The summed E-state index contributed by atoms with van der Waals surface area (Å²) in [4.78, 5) is 0. The molecule has 1 atom stereocenters. The fourth-order valence-corrected chi connectivity index (χ4v) is 1.08. The normalized spacial score (nSPS) is 16.5. The Labute approximate surface area is 92.0 Å². The summed E-state index contributed by atoms with van der Waals surface area (Å²) < 4.78 is 5.13. The Balaban J connectivity index is 0. The second-order valence-electron chi connectivity index (χ2n) is 2.13. The fraction of sp³-hybridized carbons (Fsp3) is 0.429. The summed E-state index contributed by atoms with van der Waals surface area (Å²) in [7, 11) is 0. The van der Waals surface area contributed by atoms with Crippen molar-refractivity contribution in [1.82, 2.24) is 0 Å². The minimum atomic E-state index is 0. The molecule has 0 spiro atoms. The molecular formula is C7H9Cl2OTi. The van der Waals surface area contributed by atoms with E-state index in [9.17, 15) is 0 Å². The zero-order chi connectivity index (χ0) is 6.69. The van der Waals surface area contributed by atoms with Crippen molar-refractivity contribution < 1.29 is 49.0 Å². The Bertz CT molecular complexity index is 157. The maximum absolute atomic E-state index is 5.13. The van der Waals surface area contributed by atoms with E-state index >= 15 is 0 Å². The van der Waals surface area contributed by atoms with E-state index in [0.29, 0.717) is 6.10 Å². The van der Waals surface area contributed by atoms with Crippen LogP contribution in [0.2, 0.25) is 0 Å². The zero-order valence-electron chi connectivity index (χ0n) is 6.18. The van der Waals surface area contributed by atoms with E-state index in [1.807, 2.05) is 0 Å². The van der Waals surface area contributed by atoms with Crippen LogP contribution in [0.15, 0.2) is 23.8 Å². The summed E-state index contributed by atoms with van der Waals surface area (Å²) in [6.45, 7) is 2.07. The number of rotatable bonds is 2. The maximum Gasteiger partial charge on any atom is -1.00 e. The second kappa shape index (κ2) is 7.39. The van der Waals surface area contributed by atoms with Gasteiger partial charge in [-0.15, -0.1) is 0 Å². The quantitative estimate of drug-likeness (QED) is 0.435. The van der Waals surface area contributed by atoms with Gasteiger partial charge in [-0.05, 0) is 0 Å². The fourth-order valence-electron chi connectivity index (χ4n) is 0.841. The monoisotopic (exact) mass is 227 g/mol. The van der Waals surface area contributed by atoms with Crippen molar-refractivity contribution in [3.05, 3.63) is 23.8 Å². The average Bonchev–Trinajstić information content (AvgIpc) is 2.37. The first-order chi connectivity index (χ1) is 4.34. The van der Waals surface area contributed by atoms with Gasteiger partial charge in [0.2, 0.25) is 0 Å². The van der Waals surface area contributed by atoms with Gasteiger partial charge < -0.3 is 24.8 Å². The number of hydrogen-bond donors (Lipinski definition) is 0. The molecule has 11 heavy (non-hydrogen) atoms. The van der Waals surface area contributed by atoms with E-state index < -0.39 is 0 Å². The van der Waals surface area contributed by atoms with E-state index in [1.165, 1.54) is 5.57 Å². The molecule has 0 aromatic rings. The first-order valence-corrected chi connectivity index (χ1v) is 3.66. The van der Waals surface area contributed by atoms with E-state index in [-0.39, 0.29) is 24.8 Å². The molecule has 1 rings (SSSR count). The van der Waals surface area contributed by atoms with Crippen LogP contribution in [-0.2, 0) is 24.1 Å². The van der Waals surface area contributed by atoms with Crippen LogP contribution in [0.1, 0.15) is 13.3 Å². The largest absolute Gasteiger partial charge is 1.00 e. The first kappa shape index (κ1) is 14.3. The molecule has 0 aliphatic heterocycles. The third kappa shape index (κ3) is 4.34. The van der Waals surface area contributed by atoms with Crippen LogP contribution in [0.3, 0.4) is 0 Å². The van der Waals surface area contributed by atoms with Crippen LogP contribution < -0.4 is 24.8 Å². The molecule has 0 radical (unpaired) electrons. The summed E-state index contributed by atoms with van der Waals surface area (Å²) in [5.74, 6) is 0. The van der Waals surface area contributed by atoms with Gasteiger partial charge in [-0.3, -0.25) is 0 Å². The van der Waals surface area contributed by atoms with Gasteiger partial charge in [-0.1, -0.05) is 0 Å². The van der Waals surface area contributed by atoms with Gasteiger partial charge in [0.1, 0.15) is 0 Å². The third-order valence-electron chi connectivity index (χ3n) is 1.50. The molecular weight excluding hydrogens is 219 g/mol. The second-order valence-corrected chi connectivity index (χ2v) is 2.50. The van der Waals surface area contributed by atoms with Crippen molar-refractivity contribution in [1.29, 1.82) is 0 Å². The van der Waals surface area contributed by atoms with Gasteiger partial charge in [-0.25, -0.2) is 0 Å². The van der Waals surface area contributed by atoms with Crippen molar-refractivity contribution in [3.8, 4) is 0 Å². The van der Waals surface area contributed by atoms with Crippen molar-refractivity contribution >= 4 is 0 Å². The Morgan fingerprint density at radius 1 is 1.55 bits per heavy atom. The molecule has 61 valence electrons. The molecule has 1 aliphatic rings. The molecule has 0 aromatic heterocycles. The Morgan fingerprint density at radius 3 is 2.55 bits per heavy atom. The maximum atomic E-state index is 5.13. The van der Waals surface area contributed by atoms with Gasteiger partial charge >= 0.3 is 67.4 Å². The van der Waals surface area contributed by atoms with Crippen LogP contribution in [0.25, 0.3) is 0 Å². The molecule has 0 saturated heterocycles. The molecule has 1 aliphatic carbocycles. The summed E-state index contributed by atoms with van der Waals surface area (Å²) in [6, 6.07) is 0. The summed E-state index contributed by atoms with van der Waals surface area (Å²) in [6.07, 6.45) is 7.69. The minimum absolute atomic E-state index is 0. The molecule has 0 N–H and O–H groups in total. The van der Waals surface area contributed by atoms with Crippen molar-refractivity contribution in [2.45, 2.75) is 19.4 Å². The van der Waals surface area contributed by atoms with E-state index in [1.54, 1.807) is 20.8 Å². The van der Waals surface area contributed by atoms with Gasteiger partial charge in [0.05, 0.1) is 0 Å². The molecule has 0 saturated carbocycles. The van der Waals surface area contributed by atoms with E-state index in [4.69, 9.17) is 3.32 Å². The molecule has 1 nitrogen and oxygen atoms in total. The Kier molecular flexibility index (Phi) is 9.58. The number of hydrogen-bond acceptors (Lipinski definition) is 1. The SMILES string of the molecule is CC([O][Ti+2])C1=CC=CC1.[Cl-].[Cl-].